The highest BCUT2D eigenvalue weighted by atomic mass is 32.2. The maximum Gasteiger partial charge on any atom is 0.247 e. The Morgan fingerprint density at radius 1 is 1.08 bits per heavy atom. The summed E-state index contributed by atoms with van der Waals surface area (Å²) in [7, 11) is -3.07. The van der Waals surface area contributed by atoms with Crippen molar-refractivity contribution in [3.8, 4) is 11.5 Å². The molecule has 1 aromatic heterocycles. The lowest BCUT2D eigenvalue weighted by Crippen LogP contribution is -2.59. The standard InChI is InChI=1S/C17H22N4O4S/c22-9-8-20-6-7-21(15-12-26(23,24)11-14(15)20)10-16-18-19-17(25-16)13-4-2-1-3-5-13/h1-5,14-15,22H,6-12H2/t14-,15+/m1/s1. The Labute approximate surface area is 152 Å². The predicted molar refractivity (Wildman–Crippen MR) is 95.0 cm³/mol. The highest BCUT2D eigenvalue weighted by Gasteiger charge is 2.46. The second-order valence-electron chi connectivity index (χ2n) is 6.81. The van der Waals surface area contributed by atoms with Gasteiger partial charge in [-0.2, -0.15) is 0 Å². The average molecular weight is 378 g/mol. The Morgan fingerprint density at radius 3 is 2.50 bits per heavy atom. The highest BCUT2D eigenvalue weighted by molar-refractivity contribution is 7.91. The normalized spacial score (nSPS) is 26.0. The van der Waals surface area contributed by atoms with Crippen LogP contribution in [-0.4, -0.2) is 83.4 Å². The van der Waals surface area contributed by atoms with Crippen LogP contribution in [0.5, 0.6) is 0 Å². The molecule has 1 aromatic carbocycles. The first-order valence-electron chi connectivity index (χ1n) is 8.73. The molecule has 0 aliphatic carbocycles. The van der Waals surface area contributed by atoms with E-state index in [-0.39, 0.29) is 30.2 Å². The molecular weight excluding hydrogens is 356 g/mol. The van der Waals surface area contributed by atoms with E-state index >= 15 is 0 Å². The van der Waals surface area contributed by atoms with Crippen molar-refractivity contribution in [3.05, 3.63) is 36.2 Å². The summed E-state index contributed by atoms with van der Waals surface area (Å²) in [5.74, 6) is 1.24. The van der Waals surface area contributed by atoms with E-state index in [4.69, 9.17) is 4.42 Å². The fourth-order valence-electron chi connectivity index (χ4n) is 3.89. The second-order valence-corrected chi connectivity index (χ2v) is 8.96. The second kappa shape index (κ2) is 7.07. The van der Waals surface area contributed by atoms with E-state index in [1.807, 2.05) is 30.3 Å². The Balaban J connectivity index is 1.51. The van der Waals surface area contributed by atoms with Crippen LogP contribution >= 0.6 is 0 Å². The number of hydrogen-bond acceptors (Lipinski definition) is 8. The van der Waals surface area contributed by atoms with Crippen LogP contribution in [0.1, 0.15) is 5.89 Å². The molecule has 26 heavy (non-hydrogen) atoms. The SMILES string of the molecule is O=S1(=O)C[C@@H]2[C@H](C1)N(Cc1nnc(-c3ccccc3)o1)CCN2CCO. The van der Waals surface area contributed by atoms with Crippen LogP contribution in [0, 0.1) is 0 Å². The molecule has 2 saturated heterocycles. The van der Waals surface area contributed by atoms with Gasteiger partial charge in [-0.25, -0.2) is 8.42 Å². The average Bonchev–Trinajstić information content (AvgIpc) is 3.22. The molecule has 0 saturated carbocycles. The van der Waals surface area contributed by atoms with Gasteiger partial charge in [-0.05, 0) is 12.1 Å². The molecule has 0 amide bonds. The van der Waals surface area contributed by atoms with Crippen LogP contribution in [0.15, 0.2) is 34.7 Å². The van der Waals surface area contributed by atoms with E-state index in [2.05, 4.69) is 20.0 Å². The molecule has 2 fully saturated rings. The van der Waals surface area contributed by atoms with Gasteiger partial charge in [0, 0.05) is 37.3 Å². The first kappa shape index (κ1) is 17.6. The number of benzene rings is 1. The minimum Gasteiger partial charge on any atom is -0.419 e. The molecule has 9 heteroatoms. The van der Waals surface area contributed by atoms with E-state index in [9.17, 15) is 13.5 Å². The molecule has 2 aromatic rings. The molecule has 140 valence electrons. The molecule has 0 spiro atoms. The molecule has 2 atom stereocenters. The fraction of sp³-hybridized carbons (Fsp3) is 0.529. The first-order valence-corrected chi connectivity index (χ1v) is 10.5. The van der Waals surface area contributed by atoms with E-state index < -0.39 is 9.84 Å². The van der Waals surface area contributed by atoms with Crippen LogP contribution in [0.25, 0.3) is 11.5 Å². The van der Waals surface area contributed by atoms with Gasteiger partial charge in [0.2, 0.25) is 11.8 Å². The third-order valence-corrected chi connectivity index (χ3v) is 6.82. The zero-order chi connectivity index (χ0) is 18.1. The number of rotatable bonds is 5. The zero-order valence-electron chi connectivity index (χ0n) is 14.4. The lowest BCUT2D eigenvalue weighted by atomic mass is 10.0. The lowest BCUT2D eigenvalue weighted by Gasteiger charge is -2.43. The van der Waals surface area contributed by atoms with Crippen LogP contribution < -0.4 is 0 Å². The van der Waals surface area contributed by atoms with Crippen molar-refractivity contribution >= 4 is 9.84 Å². The minimum absolute atomic E-state index is 0.0351. The molecule has 4 rings (SSSR count). The molecule has 1 N–H and O–H groups in total. The molecular formula is C17H22N4O4S. The number of piperazine rings is 1. The third-order valence-electron chi connectivity index (χ3n) is 5.12. The van der Waals surface area contributed by atoms with Gasteiger partial charge in [0.15, 0.2) is 9.84 Å². The van der Waals surface area contributed by atoms with Gasteiger partial charge >= 0.3 is 0 Å². The Hall–Kier alpha value is -1.81. The van der Waals surface area contributed by atoms with Gasteiger partial charge in [-0.1, -0.05) is 18.2 Å². The summed E-state index contributed by atoms with van der Waals surface area (Å²) in [6.07, 6.45) is 0. The van der Waals surface area contributed by atoms with Gasteiger partial charge < -0.3 is 9.52 Å². The lowest BCUT2D eigenvalue weighted by molar-refractivity contribution is 0.0265. The van der Waals surface area contributed by atoms with E-state index in [1.54, 1.807) is 0 Å². The van der Waals surface area contributed by atoms with Crippen molar-refractivity contribution in [2.75, 3.05) is 37.7 Å². The molecule has 2 aliphatic heterocycles. The van der Waals surface area contributed by atoms with Crippen LogP contribution in [0.2, 0.25) is 0 Å². The van der Waals surface area contributed by atoms with Gasteiger partial charge in [-0.15, -0.1) is 10.2 Å². The minimum atomic E-state index is -3.07. The smallest absolute Gasteiger partial charge is 0.247 e. The summed E-state index contributed by atoms with van der Waals surface area (Å²) in [6.45, 7) is 2.40. The number of β-amino-alcohol motifs (C(OH)–C–C–N with tert-alkyl or cyclic N) is 1. The molecule has 8 nitrogen and oxygen atoms in total. The highest BCUT2D eigenvalue weighted by Crippen LogP contribution is 2.28. The van der Waals surface area contributed by atoms with Crippen molar-refractivity contribution in [3.63, 3.8) is 0 Å². The number of nitrogens with zero attached hydrogens (tertiary/aromatic N) is 4. The summed E-state index contributed by atoms with van der Waals surface area (Å²) in [4.78, 5) is 4.19. The molecule has 2 aliphatic rings. The van der Waals surface area contributed by atoms with Crippen molar-refractivity contribution in [1.82, 2.24) is 20.0 Å². The number of aliphatic hydroxyl groups is 1. The Kier molecular flexibility index (Phi) is 4.78. The van der Waals surface area contributed by atoms with Crippen molar-refractivity contribution in [2.24, 2.45) is 0 Å². The topological polar surface area (TPSA) is 99.8 Å². The van der Waals surface area contributed by atoms with E-state index in [1.165, 1.54) is 0 Å². The number of aromatic nitrogens is 2. The predicted octanol–water partition coefficient (Wildman–Crippen LogP) is 0.0121. The third kappa shape index (κ3) is 3.52. The zero-order valence-corrected chi connectivity index (χ0v) is 15.2. The summed E-state index contributed by atoms with van der Waals surface area (Å²) >= 11 is 0. The number of aliphatic hydroxyl groups excluding tert-OH is 1. The van der Waals surface area contributed by atoms with Gasteiger partial charge in [-0.3, -0.25) is 9.80 Å². The summed E-state index contributed by atoms with van der Waals surface area (Å²) in [6, 6.07) is 9.37. The largest absolute Gasteiger partial charge is 0.419 e. The van der Waals surface area contributed by atoms with Gasteiger partial charge in [0.05, 0.1) is 24.7 Å². The van der Waals surface area contributed by atoms with Crippen molar-refractivity contribution < 1.29 is 17.9 Å². The molecule has 0 bridgehead atoms. The van der Waals surface area contributed by atoms with Crippen molar-refractivity contribution in [1.29, 1.82) is 0 Å². The summed E-state index contributed by atoms with van der Waals surface area (Å²) in [5, 5.41) is 17.5. The quantitative estimate of drug-likeness (QED) is 0.777. The van der Waals surface area contributed by atoms with E-state index in [0.29, 0.717) is 31.4 Å². The van der Waals surface area contributed by atoms with Crippen LogP contribution in [-0.2, 0) is 16.4 Å². The van der Waals surface area contributed by atoms with Crippen LogP contribution in [0.3, 0.4) is 0 Å². The van der Waals surface area contributed by atoms with Gasteiger partial charge in [0.25, 0.3) is 0 Å². The van der Waals surface area contributed by atoms with Crippen LogP contribution in [0.4, 0.5) is 0 Å². The Bertz CT molecular complexity index is 855. The van der Waals surface area contributed by atoms with E-state index in [0.717, 1.165) is 12.1 Å². The monoisotopic (exact) mass is 378 g/mol. The maximum absolute atomic E-state index is 12.2. The molecule has 0 radical (unpaired) electrons. The number of fused-ring (bicyclic) bond motifs is 1. The van der Waals surface area contributed by atoms with Crippen molar-refractivity contribution in [2.45, 2.75) is 18.6 Å². The summed E-state index contributed by atoms with van der Waals surface area (Å²) in [5.41, 5.74) is 0.861. The maximum atomic E-state index is 12.2. The summed E-state index contributed by atoms with van der Waals surface area (Å²) < 4.78 is 30.1. The molecule has 3 heterocycles. The number of hydrogen-bond donors (Lipinski definition) is 1. The Morgan fingerprint density at radius 2 is 1.77 bits per heavy atom. The molecule has 0 unspecified atom stereocenters. The number of sulfone groups is 1. The van der Waals surface area contributed by atoms with Gasteiger partial charge in [0.1, 0.15) is 0 Å². The first-order chi connectivity index (χ1) is 12.6. The fourth-order valence-corrected chi connectivity index (χ4v) is 5.93.